The highest BCUT2D eigenvalue weighted by Crippen LogP contribution is 1.99. The van der Waals surface area contributed by atoms with Gasteiger partial charge in [-0.3, -0.25) is 0 Å². The highest BCUT2D eigenvalue weighted by Gasteiger charge is 1.86. The minimum absolute atomic E-state index is 0.609. The van der Waals surface area contributed by atoms with Crippen LogP contribution >= 0.6 is 0 Å². The topological polar surface area (TPSA) is 9.23 Å². The van der Waals surface area contributed by atoms with E-state index in [2.05, 4.69) is 0 Å². The number of allylic oxidation sites excluding steroid dienone is 1. The van der Waals surface area contributed by atoms with Gasteiger partial charge in [-0.15, -0.1) is 0 Å². The number of benzene rings is 1. The second kappa shape index (κ2) is 4.56. The third kappa shape index (κ3) is 2.89. The molecule has 0 heterocycles. The Bertz CT molecular complexity index is 243. The van der Waals surface area contributed by atoms with Crippen LogP contribution < -0.4 is 0 Å². The molecule has 0 amide bonds. The van der Waals surface area contributed by atoms with Gasteiger partial charge in [-0.2, -0.15) is 0 Å². The third-order valence-corrected chi connectivity index (χ3v) is 1.22. The lowest BCUT2D eigenvalue weighted by Crippen LogP contribution is -1.84. The molecule has 0 spiro atoms. The summed E-state index contributed by atoms with van der Waals surface area (Å²) in [5.74, 6) is 0. The fraction of sp³-hybridized carbons (Fsp3) is 0.200. The third-order valence-electron chi connectivity index (χ3n) is 1.22. The predicted octanol–water partition coefficient (Wildman–Crippen LogP) is 2.74. The summed E-state index contributed by atoms with van der Waals surface area (Å²) in [6, 6.07) is 9.47. The Labute approximate surface area is 68.7 Å². The molecule has 1 aromatic rings. The van der Waals surface area contributed by atoms with Crippen molar-refractivity contribution < 1.29 is 6.11 Å². The monoisotopic (exact) mass is 149 g/mol. The van der Waals surface area contributed by atoms with Gasteiger partial charge in [-0.25, -0.2) is 0 Å². The molecule has 1 rings (SSSR count). The molecule has 0 saturated carbocycles. The van der Waals surface area contributed by atoms with E-state index in [1.54, 1.807) is 6.08 Å². The van der Waals surface area contributed by atoms with Crippen LogP contribution in [-0.2, 0) is 11.3 Å². The van der Waals surface area contributed by atoms with Crippen LogP contribution in [0.15, 0.2) is 42.7 Å². The van der Waals surface area contributed by atoms with Gasteiger partial charge in [0.2, 0.25) is 0 Å². The van der Waals surface area contributed by atoms with Crippen LogP contribution in [0.4, 0.5) is 0 Å². The van der Waals surface area contributed by atoms with Crippen LogP contribution in [0, 0.1) is 0 Å². The molecule has 0 aliphatic carbocycles. The summed E-state index contributed by atoms with van der Waals surface area (Å²) in [4.78, 5) is 0. The zero-order valence-electron chi connectivity index (χ0n) is 7.53. The summed E-state index contributed by atoms with van der Waals surface area (Å²) < 4.78 is 12.6. The first-order valence-corrected chi connectivity index (χ1v) is 3.58. The van der Waals surface area contributed by atoms with E-state index >= 15 is 0 Å². The lowest BCUT2D eigenvalue weighted by Gasteiger charge is -1.98. The van der Waals surface area contributed by atoms with Crippen molar-refractivity contribution in [1.82, 2.24) is 0 Å². The molecule has 1 nitrogen and oxygen atoms in total. The minimum Gasteiger partial charge on any atom is -0.497 e. The number of ether oxygens (including phenoxy) is 1. The second-order valence-electron chi connectivity index (χ2n) is 2.13. The molecule has 0 aliphatic rings. The van der Waals surface area contributed by atoms with Crippen LogP contribution in [0.2, 0.25) is 0 Å². The highest BCUT2D eigenvalue weighted by molar-refractivity contribution is 5.13. The first-order chi connectivity index (χ1) is 5.84. The van der Waals surface area contributed by atoms with Gasteiger partial charge in [0.15, 0.2) is 0 Å². The fourth-order valence-corrected chi connectivity index (χ4v) is 0.728. The van der Waals surface area contributed by atoms with E-state index in [0.29, 0.717) is 0 Å². The van der Waals surface area contributed by atoms with Crippen molar-refractivity contribution in [1.29, 1.82) is 0 Å². The Hall–Kier alpha value is -1.24. The Morgan fingerprint density at radius 2 is 2.18 bits per heavy atom. The van der Waals surface area contributed by atoms with Gasteiger partial charge in [0.05, 0.1) is 7.63 Å². The molecule has 0 bridgehead atoms. The summed E-state index contributed by atoms with van der Waals surface area (Å²) in [5.41, 5.74) is 0.871. The fourth-order valence-electron chi connectivity index (χ4n) is 0.728. The Morgan fingerprint density at radius 1 is 1.45 bits per heavy atom. The molecule has 1 atom stereocenters. The van der Waals surface area contributed by atoms with E-state index in [4.69, 9.17) is 6.11 Å². The average molecular weight is 149 g/mol. The van der Waals surface area contributed by atoms with Gasteiger partial charge < -0.3 is 4.74 Å². The lowest BCUT2D eigenvalue weighted by molar-refractivity contribution is 0.236. The molecular weight excluding hydrogens is 136 g/mol. The van der Waals surface area contributed by atoms with Crippen molar-refractivity contribution in [3.8, 4) is 0 Å². The van der Waals surface area contributed by atoms with Crippen molar-refractivity contribution in [2.24, 2.45) is 0 Å². The van der Waals surface area contributed by atoms with Crippen LogP contribution in [0.1, 0.15) is 13.9 Å². The Morgan fingerprint density at radius 3 is 2.82 bits per heavy atom. The molecule has 11 heavy (non-hydrogen) atoms. The van der Waals surface area contributed by atoms with Crippen LogP contribution in [-0.4, -0.2) is 0 Å². The van der Waals surface area contributed by atoms with Gasteiger partial charge in [0, 0.05) is 0 Å². The van der Waals surface area contributed by atoms with E-state index in [1.165, 1.54) is 6.26 Å². The number of hydrogen-bond acceptors (Lipinski definition) is 1. The Balaban J connectivity index is 2.59. The zero-order chi connectivity index (χ0) is 8.81. The summed E-state index contributed by atoms with van der Waals surface area (Å²) in [6.07, 6.45) is 3.30. The largest absolute Gasteiger partial charge is 0.497 e. The van der Waals surface area contributed by atoms with E-state index < -0.39 is 6.58 Å². The van der Waals surface area contributed by atoms with Crippen molar-refractivity contribution in [3.05, 3.63) is 48.2 Å². The van der Waals surface area contributed by atoms with Crippen molar-refractivity contribution >= 4 is 0 Å². The van der Waals surface area contributed by atoms with Gasteiger partial charge in [0.1, 0.15) is 6.58 Å². The molecule has 0 fully saturated rings. The maximum absolute atomic E-state index is 7.54. The smallest absolute Gasteiger partial charge is 0.112 e. The molecule has 0 aromatic heterocycles. The van der Waals surface area contributed by atoms with E-state index in [9.17, 15) is 0 Å². The van der Waals surface area contributed by atoms with Gasteiger partial charge >= 0.3 is 0 Å². The quantitative estimate of drug-likeness (QED) is 0.600. The van der Waals surface area contributed by atoms with E-state index in [1.807, 2.05) is 37.3 Å². The van der Waals surface area contributed by atoms with Gasteiger partial charge in [-0.05, 0) is 12.5 Å². The molecular formula is C10H12O. The first-order valence-electron chi connectivity index (χ1n) is 4.16. The maximum atomic E-state index is 7.54. The summed E-state index contributed by atoms with van der Waals surface area (Å²) in [5, 5.41) is 0. The normalized spacial score (nSPS) is 14.5. The van der Waals surface area contributed by atoms with Crippen molar-refractivity contribution in [2.45, 2.75) is 13.5 Å². The summed E-state index contributed by atoms with van der Waals surface area (Å²) in [7, 11) is 0. The van der Waals surface area contributed by atoms with E-state index in [0.717, 1.165) is 5.56 Å². The van der Waals surface area contributed by atoms with Crippen molar-refractivity contribution in [3.63, 3.8) is 0 Å². The molecule has 0 unspecified atom stereocenters. The highest BCUT2D eigenvalue weighted by atomic mass is 16.5. The van der Waals surface area contributed by atoms with Crippen LogP contribution in [0.5, 0.6) is 0 Å². The molecule has 58 valence electrons. The minimum atomic E-state index is -0.609. The Kier molecular flexibility index (Phi) is 2.68. The molecule has 1 heteroatoms. The first kappa shape index (κ1) is 6.47. The number of hydrogen-bond donors (Lipinski definition) is 0. The second-order valence-corrected chi connectivity index (χ2v) is 2.13. The summed E-state index contributed by atoms with van der Waals surface area (Å²) in [6.45, 7) is 1.25. The standard InChI is InChI=1S/C10H12O/c1-2-8-11-9-10-6-4-3-5-7-10/h2-8H,9H2,1H3/b8-2+/i9D/t9-/m0/s1. The lowest BCUT2D eigenvalue weighted by atomic mass is 10.2. The van der Waals surface area contributed by atoms with Crippen LogP contribution in [0.25, 0.3) is 0 Å². The van der Waals surface area contributed by atoms with Gasteiger partial charge in [-0.1, -0.05) is 36.4 Å². The van der Waals surface area contributed by atoms with Gasteiger partial charge in [0.25, 0.3) is 0 Å². The SMILES string of the molecule is [2H][C@H](O/C=C/C)c1ccccc1. The molecule has 0 radical (unpaired) electrons. The molecule has 0 saturated heterocycles. The molecule has 0 N–H and O–H groups in total. The predicted molar refractivity (Wildman–Crippen MR) is 46.0 cm³/mol. The zero-order valence-corrected chi connectivity index (χ0v) is 6.53. The molecule has 0 aliphatic heterocycles. The maximum Gasteiger partial charge on any atom is 0.112 e. The van der Waals surface area contributed by atoms with Crippen molar-refractivity contribution in [2.75, 3.05) is 0 Å². The average Bonchev–Trinajstić information content (AvgIpc) is 2.15. The van der Waals surface area contributed by atoms with Crippen LogP contribution in [0.3, 0.4) is 0 Å². The molecule has 1 aromatic carbocycles. The summed E-state index contributed by atoms with van der Waals surface area (Å²) >= 11 is 0. The van der Waals surface area contributed by atoms with E-state index in [-0.39, 0.29) is 0 Å². The number of rotatable bonds is 3.